The third kappa shape index (κ3) is 4.23. The number of sulfonamides is 1. The Morgan fingerprint density at radius 2 is 2.19 bits per heavy atom. The number of piperidine rings is 1. The Labute approximate surface area is 125 Å². The molecule has 118 valence electrons. The van der Waals surface area contributed by atoms with E-state index in [-0.39, 0.29) is 10.9 Å². The summed E-state index contributed by atoms with van der Waals surface area (Å²) in [7, 11) is 0.0548. The molecule has 1 fully saturated rings. The van der Waals surface area contributed by atoms with Gasteiger partial charge in [0.25, 0.3) is 0 Å². The molecule has 7 heteroatoms. The first-order chi connectivity index (χ1) is 9.92. The Morgan fingerprint density at radius 1 is 1.43 bits per heavy atom. The highest BCUT2D eigenvalue weighted by Gasteiger charge is 2.24. The van der Waals surface area contributed by atoms with E-state index in [1.54, 1.807) is 7.05 Å². The zero-order valence-electron chi connectivity index (χ0n) is 12.4. The van der Waals surface area contributed by atoms with E-state index in [0.29, 0.717) is 18.7 Å². The number of rotatable bonds is 5. The van der Waals surface area contributed by atoms with Crippen molar-refractivity contribution in [3.8, 4) is 0 Å². The lowest BCUT2D eigenvalue weighted by Gasteiger charge is -2.30. The van der Waals surface area contributed by atoms with E-state index in [1.807, 2.05) is 7.05 Å². The number of likely N-dealkylation sites (N-methyl/N-ethyl adjacent to an activating group) is 1. The summed E-state index contributed by atoms with van der Waals surface area (Å²) < 4.78 is 41.1. The van der Waals surface area contributed by atoms with Crippen molar-refractivity contribution < 1.29 is 12.8 Å². The van der Waals surface area contributed by atoms with Crippen LogP contribution in [0.1, 0.15) is 18.4 Å². The molecule has 1 aliphatic heterocycles. The predicted molar refractivity (Wildman–Crippen MR) is 80.0 cm³/mol. The van der Waals surface area contributed by atoms with E-state index < -0.39 is 15.8 Å². The number of nitrogens with one attached hydrogen (secondary N) is 2. The first kappa shape index (κ1) is 16.4. The number of likely N-dealkylation sites (tertiary alicyclic amines) is 1. The van der Waals surface area contributed by atoms with Crippen molar-refractivity contribution in [1.82, 2.24) is 14.9 Å². The fourth-order valence-corrected chi connectivity index (χ4v) is 3.91. The average molecular weight is 315 g/mol. The summed E-state index contributed by atoms with van der Waals surface area (Å²) in [6.07, 6.45) is 1.80. The number of hydrogen-bond donors (Lipinski definition) is 2. The van der Waals surface area contributed by atoms with Crippen LogP contribution in [0.25, 0.3) is 0 Å². The van der Waals surface area contributed by atoms with Crippen LogP contribution in [0.5, 0.6) is 0 Å². The fraction of sp³-hybridized carbons (Fsp3) is 0.571. The molecule has 5 nitrogen and oxygen atoms in total. The van der Waals surface area contributed by atoms with Gasteiger partial charge in [-0.15, -0.1) is 0 Å². The third-order valence-electron chi connectivity index (χ3n) is 3.64. The molecule has 2 rings (SSSR count). The molecular formula is C14H22FN3O2S. The molecule has 0 radical (unpaired) electrons. The maximum absolute atomic E-state index is 13.6. The van der Waals surface area contributed by atoms with E-state index in [1.165, 1.54) is 18.2 Å². The van der Waals surface area contributed by atoms with Crippen LogP contribution >= 0.6 is 0 Å². The lowest BCUT2D eigenvalue weighted by atomic mass is 10.1. The van der Waals surface area contributed by atoms with Crippen LogP contribution < -0.4 is 10.0 Å². The van der Waals surface area contributed by atoms with Crippen molar-refractivity contribution >= 4 is 10.0 Å². The molecule has 0 spiro atoms. The summed E-state index contributed by atoms with van der Waals surface area (Å²) in [6.45, 7) is 1.98. The van der Waals surface area contributed by atoms with E-state index in [2.05, 4.69) is 14.9 Å². The van der Waals surface area contributed by atoms with E-state index in [9.17, 15) is 12.8 Å². The van der Waals surface area contributed by atoms with Gasteiger partial charge in [0.2, 0.25) is 10.0 Å². The maximum Gasteiger partial charge on any atom is 0.240 e. The third-order valence-corrected chi connectivity index (χ3v) is 5.16. The average Bonchev–Trinajstić information content (AvgIpc) is 2.41. The van der Waals surface area contributed by atoms with Gasteiger partial charge in [0.1, 0.15) is 5.82 Å². The van der Waals surface area contributed by atoms with Gasteiger partial charge in [-0.25, -0.2) is 17.5 Å². The molecule has 0 aromatic heterocycles. The summed E-state index contributed by atoms with van der Waals surface area (Å²) in [4.78, 5) is 2.22. The van der Waals surface area contributed by atoms with Crippen LogP contribution in [0.15, 0.2) is 23.1 Å². The van der Waals surface area contributed by atoms with Crippen molar-refractivity contribution in [3.05, 3.63) is 29.6 Å². The second-order valence-corrected chi connectivity index (χ2v) is 7.22. The van der Waals surface area contributed by atoms with Gasteiger partial charge in [0, 0.05) is 24.7 Å². The van der Waals surface area contributed by atoms with Gasteiger partial charge < -0.3 is 10.2 Å². The minimum Gasteiger partial charge on any atom is -0.316 e. The second kappa shape index (κ2) is 6.83. The molecule has 1 heterocycles. The van der Waals surface area contributed by atoms with Crippen molar-refractivity contribution in [2.24, 2.45) is 0 Å². The van der Waals surface area contributed by atoms with E-state index >= 15 is 0 Å². The first-order valence-corrected chi connectivity index (χ1v) is 8.54. The largest absolute Gasteiger partial charge is 0.316 e. The lowest BCUT2D eigenvalue weighted by molar-refractivity contribution is 0.242. The Morgan fingerprint density at radius 3 is 2.86 bits per heavy atom. The fourth-order valence-electron chi connectivity index (χ4n) is 2.59. The summed E-state index contributed by atoms with van der Waals surface area (Å²) in [5, 5.41) is 2.83. The van der Waals surface area contributed by atoms with Crippen molar-refractivity contribution in [1.29, 1.82) is 0 Å². The molecule has 0 aliphatic carbocycles. The molecular weight excluding hydrogens is 293 g/mol. The number of nitrogens with zero attached hydrogens (tertiary/aromatic N) is 1. The van der Waals surface area contributed by atoms with Crippen LogP contribution in [0.3, 0.4) is 0 Å². The molecule has 1 aromatic rings. The molecule has 0 saturated carbocycles. The summed E-state index contributed by atoms with van der Waals surface area (Å²) in [5.74, 6) is -0.402. The molecule has 0 amide bonds. The quantitative estimate of drug-likeness (QED) is 0.848. The number of halogens is 1. The van der Waals surface area contributed by atoms with Crippen molar-refractivity contribution in [2.45, 2.75) is 30.3 Å². The second-order valence-electron chi connectivity index (χ2n) is 5.51. The monoisotopic (exact) mass is 315 g/mol. The first-order valence-electron chi connectivity index (χ1n) is 7.06. The molecule has 1 aromatic carbocycles. The Balaban J connectivity index is 2.17. The Hall–Kier alpha value is -1.02. The highest BCUT2D eigenvalue weighted by atomic mass is 32.2. The number of hydrogen-bond acceptors (Lipinski definition) is 4. The van der Waals surface area contributed by atoms with Gasteiger partial charge in [0.15, 0.2) is 0 Å². The molecule has 1 atom stereocenters. The van der Waals surface area contributed by atoms with Crippen LogP contribution in [0.4, 0.5) is 4.39 Å². The predicted octanol–water partition coefficient (Wildman–Crippen LogP) is 0.918. The molecule has 21 heavy (non-hydrogen) atoms. The zero-order valence-corrected chi connectivity index (χ0v) is 13.2. The Kier molecular flexibility index (Phi) is 5.32. The summed E-state index contributed by atoms with van der Waals surface area (Å²) in [5.41, 5.74) is 0.348. The molecule has 1 unspecified atom stereocenters. The molecule has 1 saturated heterocycles. The van der Waals surface area contributed by atoms with Crippen LogP contribution in [0, 0.1) is 5.82 Å². The Bertz CT molecular complexity index is 592. The smallest absolute Gasteiger partial charge is 0.240 e. The van der Waals surface area contributed by atoms with Crippen LogP contribution in [-0.4, -0.2) is 46.5 Å². The van der Waals surface area contributed by atoms with Gasteiger partial charge in [-0.05, 0) is 51.7 Å². The van der Waals surface area contributed by atoms with Gasteiger partial charge >= 0.3 is 0 Å². The van der Waals surface area contributed by atoms with Gasteiger partial charge in [-0.1, -0.05) is 0 Å². The summed E-state index contributed by atoms with van der Waals surface area (Å²) >= 11 is 0. The lowest BCUT2D eigenvalue weighted by Crippen LogP contribution is -2.46. The SMILES string of the molecule is CNCc1cc(S(=O)(=O)NC2CCCN(C)C2)ccc1F. The minimum atomic E-state index is -3.61. The van der Waals surface area contributed by atoms with Crippen LogP contribution in [-0.2, 0) is 16.6 Å². The zero-order chi connectivity index (χ0) is 15.5. The van der Waals surface area contributed by atoms with E-state index in [0.717, 1.165) is 19.4 Å². The van der Waals surface area contributed by atoms with E-state index in [4.69, 9.17) is 0 Å². The molecule has 0 bridgehead atoms. The van der Waals surface area contributed by atoms with Crippen LogP contribution in [0.2, 0.25) is 0 Å². The van der Waals surface area contributed by atoms with Gasteiger partial charge in [-0.2, -0.15) is 0 Å². The highest BCUT2D eigenvalue weighted by Crippen LogP contribution is 2.17. The van der Waals surface area contributed by atoms with Gasteiger partial charge in [0.05, 0.1) is 4.90 Å². The van der Waals surface area contributed by atoms with Gasteiger partial charge in [-0.3, -0.25) is 0 Å². The highest BCUT2D eigenvalue weighted by molar-refractivity contribution is 7.89. The maximum atomic E-state index is 13.6. The van der Waals surface area contributed by atoms with Crippen molar-refractivity contribution in [2.75, 3.05) is 27.2 Å². The minimum absolute atomic E-state index is 0.0912. The molecule has 2 N–H and O–H groups in total. The standard InChI is InChI=1S/C14H22FN3O2S/c1-16-9-11-8-13(5-6-14(11)15)21(19,20)17-12-4-3-7-18(2)10-12/h5-6,8,12,16-17H,3-4,7,9-10H2,1-2H3. The topological polar surface area (TPSA) is 61.4 Å². The number of benzene rings is 1. The normalized spacial score (nSPS) is 20.6. The molecule has 1 aliphatic rings. The summed E-state index contributed by atoms with van der Waals surface area (Å²) in [6, 6.07) is 3.81. The van der Waals surface area contributed by atoms with Crippen molar-refractivity contribution in [3.63, 3.8) is 0 Å².